The van der Waals surface area contributed by atoms with E-state index in [0.29, 0.717) is 17.0 Å². The minimum absolute atomic E-state index is 0.272. The van der Waals surface area contributed by atoms with Gasteiger partial charge in [-0.2, -0.15) is 4.31 Å². The van der Waals surface area contributed by atoms with Crippen LogP contribution in [0, 0.1) is 0 Å². The molecule has 11 heavy (non-hydrogen) atoms. The number of nitrogens with zero attached hydrogens (tertiary/aromatic N) is 1. The highest BCUT2D eigenvalue weighted by molar-refractivity contribution is 14.1. The molecule has 1 rings (SSSR count). The van der Waals surface area contributed by atoms with Gasteiger partial charge in [0.25, 0.3) is 0 Å². The maximum atomic E-state index is 11.4. The first kappa shape index (κ1) is 9.73. The summed E-state index contributed by atoms with van der Waals surface area (Å²) in [7, 11) is -2.94. The van der Waals surface area contributed by atoms with Crippen LogP contribution in [0.25, 0.3) is 0 Å². The van der Waals surface area contributed by atoms with Gasteiger partial charge in [0.2, 0.25) is 10.0 Å². The second kappa shape index (κ2) is 3.18. The molecule has 1 saturated heterocycles. The van der Waals surface area contributed by atoms with Crippen molar-refractivity contribution in [1.29, 1.82) is 0 Å². The Morgan fingerprint density at radius 1 is 1.45 bits per heavy atom. The number of rotatable bonds is 2. The monoisotopic (exact) mass is 289 g/mol. The number of halogens is 1. The quantitative estimate of drug-likeness (QED) is 0.558. The number of hydrogen-bond donors (Lipinski definition) is 0. The van der Waals surface area contributed by atoms with Crippen molar-refractivity contribution in [2.75, 3.05) is 13.1 Å². The highest BCUT2D eigenvalue weighted by Gasteiger charge is 2.35. The fourth-order valence-corrected chi connectivity index (χ4v) is 3.75. The van der Waals surface area contributed by atoms with Crippen molar-refractivity contribution in [3.05, 3.63) is 0 Å². The highest BCUT2D eigenvalue weighted by Crippen LogP contribution is 2.22. The number of hydrogen-bond acceptors (Lipinski definition) is 2. The zero-order chi connectivity index (χ0) is 8.65. The number of sulfonamides is 1. The van der Waals surface area contributed by atoms with Crippen molar-refractivity contribution in [2.45, 2.75) is 23.0 Å². The first-order valence-electron chi connectivity index (χ1n) is 3.57. The average Bonchev–Trinajstić information content (AvgIpc) is 1.80. The van der Waals surface area contributed by atoms with Crippen LogP contribution in [-0.2, 0) is 10.0 Å². The molecule has 0 unspecified atom stereocenters. The van der Waals surface area contributed by atoms with Crippen molar-refractivity contribution in [1.82, 2.24) is 4.31 Å². The molecule has 0 aromatic heterocycles. The van der Waals surface area contributed by atoms with E-state index in [9.17, 15) is 8.42 Å². The van der Waals surface area contributed by atoms with E-state index < -0.39 is 10.0 Å². The van der Waals surface area contributed by atoms with Gasteiger partial charge in [-0.3, -0.25) is 0 Å². The molecule has 1 heterocycles. The van der Waals surface area contributed by atoms with Crippen LogP contribution in [0.1, 0.15) is 13.8 Å². The SMILES string of the molecule is CC(C)S(=O)(=O)N1CC(I)C1. The Kier molecular flexibility index (Phi) is 2.81. The van der Waals surface area contributed by atoms with E-state index in [2.05, 4.69) is 22.6 Å². The molecular formula is C6H12INO2S. The van der Waals surface area contributed by atoms with Gasteiger partial charge in [0, 0.05) is 17.0 Å². The van der Waals surface area contributed by atoms with Crippen LogP contribution in [0.3, 0.4) is 0 Å². The Hall–Kier alpha value is 0.640. The lowest BCUT2D eigenvalue weighted by Gasteiger charge is -2.35. The predicted octanol–water partition coefficient (Wildman–Crippen LogP) is 0.844. The molecule has 0 aromatic rings. The summed E-state index contributed by atoms with van der Waals surface area (Å²) in [6, 6.07) is 0. The normalized spacial score (nSPS) is 22.2. The van der Waals surface area contributed by atoms with Crippen molar-refractivity contribution >= 4 is 32.6 Å². The molecule has 0 aliphatic carbocycles. The minimum atomic E-state index is -2.94. The maximum absolute atomic E-state index is 11.4. The molecule has 1 aliphatic heterocycles. The molecule has 0 aromatic carbocycles. The van der Waals surface area contributed by atoms with Gasteiger partial charge >= 0.3 is 0 Å². The molecule has 0 bridgehead atoms. The van der Waals surface area contributed by atoms with Gasteiger partial charge in [-0.15, -0.1) is 0 Å². The summed E-state index contributed by atoms with van der Waals surface area (Å²) in [5, 5.41) is -0.272. The van der Waals surface area contributed by atoms with Crippen molar-refractivity contribution in [2.24, 2.45) is 0 Å². The molecular weight excluding hydrogens is 277 g/mol. The third kappa shape index (κ3) is 1.86. The lowest BCUT2D eigenvalue weighted by molar-refractivity contribution is 0.326. The fraction of sp³-hybridized carbons (Fsp3) is 1.00. The topological polar surface area (TPSA) is 37.4 Å². The first-order chi connectivity index (χ1) is 4.94. The average molecular weight is 289 g/mol. The molecule has 5 heteroatoms. The first-order valence-corrected chi connectivity index (χ1v) is 6.32. The van der Waals surface area contributed by atoms with Crippen LogP contribution < -0.4 is 0 Å². The molecule has 0 saturated carbocycles. The van der Waals surface area contributed by atoms with Gasteiger partial charge in [0.05, 0.1) is 5.25 Å². The number of alkyl halides is 1. The smallest absolute Gasteiger partial charge is 0.212 e. The molecule has 3 nitrogen and oxygen atoms in total. The summed E-state index contributed by atoms with van der Waals surface area (Å²) >= 11 is 2.27. The Balaban J connectivity index is 2.62. The molecule has 1 aliphatic rings. The summed E-state index contributed by atoms with van der Waals surface area (Å²) in [4.78, 5) is 0. The predicted molar refractivity (Wildman–Crippen MR) is 53.4 cm³/mol. The summed E-state index contributed by atoms with van der Waals surface area (Å²) in [6.07, 6.45) is 0. The Labute approximate surface area is 81.3 Å². The van der Waals surface area contributed by atoms with Gasteiger partial charge < -0.3 is 0 Å². The standard InChI is InChI=1S/C6H12INO2S/c1-5(2)11(9,10)8-3-6(7)4-8/h5-6H,3-4H2,1-2H3. The van der Waals surface area contributed by atoms with E-state index in [1.54, 1.807) is 18.2 Å². The van der Waals surface area contributed by atoms with Gasteiger partial charge in [-0.25, -0.2) is 8.42 Å². The van der Waals surface area contributed by atoms with Crippen molar-refractivity contribution in [3.63, 3.8) is 0 Å². The van der Waals surface area contributed by atoms with Gasteiger partial charge in [0.1, 0.15) is 0 Å². The van der Waals surface area contributed by atoms with E-state index >= 15 is 0 Å². The van der Waals surface area contributed by atoms with Crippen LogP contribution in [-0.4, -0.2) is 35.0 Å². The van der Waals surface area contributed by atoms with Gasteiger partial charge in [-0.05, 0) is 13.8 Å². The molecule has 66 valence electrons. The summed E-state index contributed by atoms with van der Waals surface area (Å²) < 4.78 is 24.8. The van der Waals surface area contributed by atoms with Crippen LogP contribution >= 0.6 is 22.6 Å². The molecule has 0 radical (unpaired) electrons. The lowest BCUT2D eigenvalue weighted by atomic mass is 10.3. The third-order valence-electron chi connectivity index (χ3n) is 1.76. The molecule has 0 N–H and O–H groups in total. The second-order valence-corrected chi connectivity index (χ2v) is 7.26. The Morgan fingerprint density at radius 2 is 1.91 bits per heavy atom. The maximum Gasteiger partial charge on any atom is 0.216 e. The third-order valence-corrected chi connectivity index (χ3v) is 4.76. The minimum Gasteiger partial charge on any atom is -0.212 e. The highest BCUT2D eigenvalue weighted by atomic mass is 127. The zero-order valence-corrected chi connectivity index (χ0v) is 9.59. The summed E-state index contributed by atoms with van der Waals surface area (Å²) in [5.41, 5.74) is 0. The van der Waals surface area contributed by atoms with Crippen molar-refractivity contribution < 1.29 is 8.42 Å². The molecule has 0 spiro atoms. The van der Waals surface area contributed by atoms with Crippen LogP contribution in [0.2, 0.25) is 0 Å². The van der Waals surface area contributed by atoms with E-state index in [-0.39, 0.29) is 5.25 Å². The van der Waals surface area contributed by atoms with Gasteiger partial charge in [0.15, 0.2) is 0 Å². The Morgan fingerprint density at radius 3 is 2.18 bits per heavy atom. The van der Waals surface area contributed by atoms with Crippen LogP contribution in [0.15, 0.2) is 0 Å². The zero-order valence-electron chi connectivity index (χ0n) is 6.62. The molecule has 0 atom stereocenters. The van der Waals surface area contributed by atoms with E-state index in [4.69, 9.17) is 0 Å². The van der Waals surface area contributed by atoms with E-state index in [1.807, 2.05) is 0 Å². The van der Waals surface area contributed by atoms with Crippen LogP contribution in [0.4, 0.5) is 0 Å². The summed E-state index contributed by atoms with van der Waals surface area (Å²) in [6.45, 7) is 4.83. The Bertz CT molecular complexity index is 231. The summed E-state index contributed by atoms with van der Waals surface area (Å²) in [5.74, 6) is 0. The fourth-order valence-electron chi connectivity index (χ4n) is 0.894. The molecule has 1 fully saturated rings. The lowest BCUT2D eigenvalue weighted by Crippen LogP contribution is -2.52. The van der Waals surface area contributed by atoms with Crippen LogP contribution in [0.5, 0.6) is 0 Å². The van der Waals surface area contributed by atoms with Crippen molar-refractivity contribution in [3.8, 4) is 0 Å². The van der Waals surface area contributed by atoms with E-state index in [0.717, 1.165) is 0 Å². The molecule has 0 amide bonds. The van der Waals surface area contributed by atoms with Gasteiger partial charge in [-0.1, -0.05) is 22.6 Å². The van der Waals surface area contributed by atoms with E-state index in [1.165, 1.54) is 0 Å². The largest absolute Gasteiger partial charge is 0.216 e. The second-order valence-electron chi connectivity index (χ2n) is 3.01.